The van der Waals surface area contributed by atoms with E-state index < -0.39 is 65.5 Å². The molecule has 1 atom stereocenters. The third-order valence-electron chi connectivity index (χ3n) is 4.49. The standard InChI is InChI=1S/C18H15F5N4O3/c1-29-10-7-25-14(26-8-10)15(28)30-9-2-3-12(19)11(6-9)18(16(20)21)17(22,23)5-4-13(24)27-18/h2-3,6-8,16H,4-5H2,1H3,(H2,24,27)/t18-/m0/s1. The number of ether oxygens (including phenoxy) is 2. The predicted molar refractivity (Wildman–Crippen MR) is 93.4 cm³/mol. The average Bonchev–Trinajstić information content (AvgIpc) is 2.71. The van der Waals surface area contributed by atoms with Gasteiger partial charge in [-0.25, -0.2) is 41.7 Å². The van der Waals surface area contributed by atoms with E-state index in [1.807, 2.05) is 0 Å². The van der Waals surface area contributed by atoms with Crippen LogP contribution in [0.5, 0.6) is 11.5 Å². The number of esters is 1. The number of halogens is 5. The van der Waals surface area contributed by atoms with Gasteiger partial charge in [-0.3, -0.25) is 0 Å². The summed E-state index contributed by atoms with van der Waals surface area (Å²) >= 11 is 0. The zero-order chi connectivity index (χ0) is 22.1. The molecule has 0 spiro atoms. The Bertz CT molecular complexity index is 984. The lowest BCUT2D eigenvalue weighted by molar-refractivity contribution is -0.145. The van der Waals surface area contributed by atoms with Gasteiger partial charge in [0.15, 0.2) is 5.75 Å². The summed E-state index contributed by atoms with van der Waals surface area (Å²) in [5.74, 6) is -7.72. The van der Waals surface area contributed by atoms with Crippen LogP contribution in [0, 0.1) is 5.82 Å². The average molecular weight is 430 g/mol. The first-order chi connectivity index (χ1) is 14.1. The molecule has 0 fully saturated rings. The molecule has 0 radical (unpaired) electrons. The number of hydrogen-bond acceptors (Lipinski definition) is 7. The van der Waals surface area contributed by atoms with E-state index in [0.29, 0.717) is 12.1 Å². The van der Waals surface area contributed by atoms with Crippen molar-refractivity contribution < 1.29 is 36.2 Å². The molecule has 0 aliphatic carbocycles. The molecule has 7 nitrogen and oxygen atoms in total. The SMILES string of the molecule is COc1cnc(C(=O)Oc2ccc(F)c([C@@]3(C(F)F)N=C(N)CCC3(F)F)c2)nc1. The van der Waals surface area contributed by atoms with Gasteiger partial charge in [-0.05, 0) is 18.2 Å². The van der Waals surface area contributed by atoms with Gasteiger partial charge in [0, 0.05) is 18.4 Å². The Labute approximate surface area is 166 Å². The molecule has 0 saturated carbocycles. The molecule has 12 heteroatoms. The largest absolute Gasteiger partial charge is 0.494 e. The number of nitrogens with zero attached hydrogens (tertiary/aromatic N) is 3. The molecule has 1 aromatic heterocycles. The van der Waals surface area contributed by atoms with Crippen LogP contribution in [0.25, 0.3) is 0 Å². The van der Waals surface area contributed by atoms with E-state index in [-0.39, 0.29) is 5.75 Å². The van der Waals surface area contributed by atoms with Gasteiger partial charge in [0.2, 0.25) is 11.4 Å². The molecule has 1 aliphatic heterocycles. The van der Waals surface area contributed by atoms with E-state index in [4.69, 9.17) is 15.2 Å². The summed E-state index contributed by atoms with van der Waals surface area (Å²) in [7, 11) is 1.35. The fourth-order valence-electron chi connectivity index (χ4n) is 2.96. The van der Waals surface area contributed by atoms with Crippen molar-refractivity contribution in [1.29, 1.82) is 0 Å². The van der Waals surface area contributed by atoms with E-state index in [2.05, 4.69) is 15.0 Å². The number of alkyl halides is 4. The number of amidine groups is 1. The molecule has 1 aromatic carbocycles. The fraction of sp³-hybridized carbons (Fsp3) is 0.333. The smallest absolute Gasteiger partial charge is 0.381 e. The highest BCUT2D eigenvalue weighted by atomic mass is 19.3. The van der Waals surface area contributed by atoms with E-state index in [9.17, 15) is 26.7 Å². The minimum absolute atomic E-state index is 0.254. The number of aliphatic imine (C=N–C) groups is 1. The van der Waals surface area contributed by atoms with Crippen molar-refractivity contribution in [1.82, 2.24) is 9.97 Å². The zero-order valence-corrected chi connectivity index (χ0v) is 15.4. The highest BCUT2D eigenvalue weighted by Crippen LogP contribution is 2.51. The summed E-state index contributed by atoms with van der Waals surface area (Å²) in [4.78, 5) is 22.8. The quantitative estimate of drug-likeness (QED) is 0.445. The highest BCUT2D eigenvalue weighted by Gasteiger charge is 2.64. The van der Waals surface area contributed by atoms with Crippen molar-refractivity contribution in [2.45, 2.75) is 30.7 Å². The highest BCUT2D eigenvalue weighted by molar-refractivity contribution is 5.87. The molecule has 0 amide bonds. The van der Waals surface area contributed by atoms with Crippen LogP contribution in [0.4, 0.5) is 22.0 Å². The molecular weight excluding hydrogens is 415 g/mol. The maximum atomic E-state index is 14.6. The minimum atomic E-state index is -4.10. The molecule has 0 bridgehead atoms. The van der Waals surface area contributed by atoms with Crippen LogP contribution < -0.4 is 15.2 Å². The maximum Gasteiger partial charge on any atom is 0.381 e. The lowest BCUT2D eigenvalue weighted by Crippen LogP contribution is -2.54. The third kappa shape index (κ3) is 3.64. The Kier molecular flexibility index (Phi) is 5.59. The second-order valence-corrected chi connectivity index (χ2v) is 6.35. The van der Waals surface area contributed by atoms with Crippen molar-refractivity contribution in [2.75, 3.05) is 7.11 Å². The minimum Gasteiger partial charge on any atom is -0.494 e. The Hall–Kier alpha value is -3.31. The van der Waals surface area contributed by atoms with E-state index in [1.165, 1.54) is 19.5 Å². The summed E-state index contributed by atoms with van der Waals surface area (Å²) in [6.07, 6.45) is -2.92. The Morgan fingerprint density at radius 3 is 2.47 bits per heavy atom. The van der Waals surface area contributed by atoms with Gasteiger partial charge in [-0.2, -0.15) is 0 Å². The number of nitrogens with two attached hydrogens (primary N) is 1. The molecule has 160 valence electrons. The molecule has 2 aromatic rings. The van der Waals surface area contributed by atoms with Gasteiger partial charge in [0.05, 0.1) is 25.3 Å². The van der Waals surface area contributed by atoms with E-state index in [1.54, 1.807) is 0 Å². The van der Waals surface area contributed by atoms with Crippen LogP contribution in [-0.4, -0.2) is 41.2 Å². The van der Waals surface area contributed by atoms with Gasteiger partial charge in [0.25, 0.3) is 12.3 Å². The van der Waals surface area contributed by atoms with Crippen LogP contribution in [0.15, 0.2) is 35.6 Å². The van der Waals surface area contributed by atoms with Gasteiger partial charge in [-0.15, -0.1) is 0 Å². The van der Waals surface area contributed by atoms with Crippen LogP contribution in [0.2, 0.25) is 0 Å². The van der Waals surface area contributed by atoms with Gasteiger partial charge in [-0.1, -0.05) is 0 Å². The number of carbonyl (C=O) groups is 1. The first-order valence-corrected chi connectivity index (χ1v) is 8.49. The normalized spacial score (nSPS) is 20.6. The number of aromatic nitrogens is 2. The van der Waals surface area contributed by atoms with Crippen LogP contribution in [0.3, 0.4) is 0 Å². The molecule has 2 N–H and O–H groups in total. The third-order valence-corrected chi connectivity index (χ3v) is 4.49. The first kappa shape index (κ1) is 21.4. The molecule has 30 heavy (non-hydrogen) atoms. The van der Waals surface area contributed by atoms with Crippen molar-refractivity contribution in [3.63, 3.8) is 0 Å². The van der Waals surface area contributed by atoms with Crippen LogP contribution in [0.1, 0.15) is 29.0 Å². The summed E-state index contributed by atoms with van der Waals surface area (Å²) in [6, 6.07) is 2.10. The lowest BCUT2D eigenvalue weighted by Gasteiger charge is -2.40. The first-order valence-electron chi connectivity index (χ1n) is 8.49. The summed E-state index contributed by atoms with van der Waals surface area (Å²) in [6.45, 7) is 0. The number of carbonyl (C=O) groups excluding carboxylic acids is 1. The Morgan fingerprint density at radius 2 is 1.87 bits per heavy atom. The predicted octanol–water partition coefficient (Wildman–Crippen LogP) is 3.09. The second kappa shape index (κ2) is 7.84. The van der Waals surface area contributed by atoms with E-state index in [0.717, 1.165) is 6.07 Å². The fourth-order valence-corrected chi connectivity index (χ4v) is 2.96. The number of hydrogen-bond donors (Lipinski definition) is 1. The molecule has 0 saturated heterocycles. The maximum absolute atomic E-state index is 14.6. The molecule has 3 rings (SSSR count). The summed E-state index contributed by atoms with van der Waals surface area (Å²) in [5.41, 5.74) is 0.720. The number of methoxy groups -OCH3 is 1. The van der Waals surface area contributed by atoms with Gasteiger partial charge in [0.1, 0.15) is 11.6 Å². The summed E-state index contributed by atoms with van der Waals surface area (Å²) in [5, 5.41) is 0. The topological polar surface area (TPSA) is 99.7 Å². The molecule has 2 heterocycles. The van der Waals surface area contributed by atoms with Crippen molar-refractivity contribution in [2.24, 2.45) is 10.7 Å². The number of rotatable bonds is 5. The van der Waals surface area contributed by atoms with Crippen LogP contribution in [-0.2, 0) is 5.54 Å². The molecular formula is C18H15F5N4O3. The molecule has 1 aliphatic rings. The summed E-state index contributed by atoms with van der Waals surface area (Å²) < 4.78 is 81.2. The van der Waals surface area contributed by atoms with E-state index >= 15 is 0 Å². The Morgan fingerprint density at radius 1 is 1.20 bits per heavy atom. The van der Waals surface area contributed by atoms with Crippen molar-refractivity contribution in [3.05, 3.63) is 47.8 Å². The number of benzene rings is 1. The van der Waals surface area contributed by atoms with Gasteiger partial charge < -0.3 is 15.2 Å². The molecule has 0 unspecified atom stereocenters. The Balaban J connectivity index is 2.01. The van der Waals surface area contributed by atoms with Crippen molar-refractivity contribution >= 4 is 11.8 Å². The monoisotopic (exact) mass is 430 g/mol. The van der Waals surface area contributed by atoms with Crippen LogP contribution >= 0.6 is 0 Å². The van der Waals surface area contributed by atoms with Gasteiger partial charge >= 0.3 is 5.97 Å². The zero-order valence-electron chi connectivity index (χ0n) is 15.4. The second-order valence-electron chi connectivity index (χ2n) is 6.35. The van der Waals surface area contributed by atoms with Crippen molar-refractivity contribution in [3.8, 4) is 11.5 Å². The lowest BCUT2D eigenvalue weighted by atomic mass is 9.79.